The number of primary amides is 1. The van der Waals surface area contributed by atoms with Crippen molar-refractivity contribution in [2.45, 2.75) is 38.3 Å². The van der Waals surface area contributed by atoms with Gasteiger partial charge in [0.15, 0.2) is 0 Å². The van der Waals surface area contributed by atoms with E-state index in [2.05, 4.69) is 17.3 Å². The van der Waals surface area contributed by atoms with E-state index in [9.17, 15) is 4.79 Å². The zero-order valence-corrected chi connectivity index (χ0v) is 12.4. The summed E-state index contributed by atoms with van der Waals surface area (Å²) in [4.78, 5) is 12.2. The van der Waals surface area contributed by atoms with Crippen LogP contribution in [0.5, 0.6) is 0 Å². The number of benzene rings is 1. The van der Waals surface area contributed by atoms with Crippen LogP contribution in [0, 0.1) is 5.92 Å². The van der Waals surface area contributed by atoms with Crippen molar-refractivity contribution in [1.29, 1.82) is 0 Å². The maximum Gasteiger partial charge on any atom is 0.239 e. The molecule has 1 saturated carbocycles. The van der Waals surface area contributed by atoms with Crippen molar-refractivity contribution in [2.24, 2.45) is 11.7 Å². The molecule has 21 heavy (non-hydrogen) atoms. The van der Waals surface area contributed by atoms with Gasteiger partial charge in [0.1, 0.15) is 5.54 Å². The number of nitrogens with zero attached hydrogens (tertiary/aromatic N) is 2. The van der Waals surface area contributed by atoms with Gasteiger partial charge in [-0.3, -0.25) is 9.48 Å². The Morgan fingerprint density at radius 1 is 1.48 bits per heavy atom. The van der Waals surface area contributed by atoms with Crippen LogP contribution in [0.25, 0.3) is 10.9 Å². The number of fused-ring (bicyclic) bond motifs is 1. The normalized spacial score (nSPS) is 17.8. The highest BCUT2D eigenvalue weighted by molar-refractivity contribution is 5.86. The predicted octanol–water partition coefficient (Wildman–Crippen LogP) is 1.67. The van der Waals surface area contributed by atoms with E-state index >= 15 is 0 Å². The summed E-state index contributed by atoms with van der Waals surface area (Å²) in [5, 5.41) is 8.95. The lowest BCUT2D eigenvalue weighted by Crippen LogP contribution is -2.60. The van der Waals surface area contributed by atoms with Crippen molar-refractivity contribution in [3.05, 3.63) is 30.5 Å². The van der Waals surface area contributed by atoms with E-state index < -0.39 is 5.54 Å². The van der Waals surface area contributed by atoms with E-state index in [0.29, 0.717) is 12.5 Å². The Balaban J connectivity index is 1.95. The van der Waals surface area contributed by atoms with E-state index in [1.54, 1.807) is 0 Å². The van der Waals surface area contributed by atoms with Crippen molar-refractivity contribution in [1.82, 2.24) is 15.1 Å². The minimum absolute atomic E-state index is 0.266. The number of para-hydroxylation sites is 1. The number of hydrogen-bond donors (Lipinski definition) is 2. The van der Waals surface area contributed by atoms with Crippen molar-refractivity contribution in [3.8, 4) is 0 Å². The molecule has 3 rings (SSSR count). The number of amides is 1. The summed E-state index contributed by atoms with van der Waals surface area (Å²) in [6.45, 7) is 3.38. The zero-order chi connectivity index (χ0) is 14.9. The molecule has 0 saturated heterocycles. The maximum atomic E-state index is 12.2. The molecule has 1 aliphatic rings. The molecule has 0 radical (unpaired) electrons. The van der Waals surface area contributed by atoms with Crippen molar-refractivity contribution in [2.75, 3.05) is 6.54 Å². The molecule has 5 nitrogen and oxygen atoms in total. The third-order valence-electron chi connectivity index (χ3n) is 4.35. The zero-order valence-electron chi connectivity index (χ0n) is 12.4. The number of hydrogen-bond acceptors (Lipinski definition) is 3. The lowest BCUT2D eigenvalue weighted by atomic mass is 9.91. The monoisotopic (exact) mass is 286 g/mol. The van der Waals surface area contributed by atoms with Gasteiger partial charge in [-0.2, -0.15) is 5.10 Å². The molecular weight excluding hydrogens is 264 g/mol. The molecule has 1 unspecified atom stereocenters. The Kier molecular flexibility index (Phi) is 3.68. The first kappa shape index (κ1) is 14.1. The van der Waals surface area contributed by atoms with E-state index in [0.717, 1.165) is 36.7 Å². The fourth-order valence-electron chi connectivity index (χ4n) is 3.01. The molecule has 1 amide bonds. The van der Waals surface area contributed by atoms with Gasteiger partial charge in [0.2, 0.25) is 5.91 Å². The number of carbonyl (C=O) groups is 1. The molecule has 1 atom stereocenters. The van der Waals surface area contributed by atoms with Crippen LogP contribution in [-0.4, -0.2) is 27.8 Å². The summed E-state index contributed by atoms with van der Waals surface area (Å²) in [5.74, 6) is 0.0579. The summed E-state index contributed by atoms with van der Waals surface area (Å²) in [6.07, 6.45) is 4.92. The Labute approximate surface area is 124 Å². The number of nitrogens with two attached hydrogens (primary N) is 1. The van der Waals surface area contributed by atoms with Gasteiger partial charge >= 0.3 is 0 Å². The fourth-order valence-corrected chi connectivity index (χ4v) is 3.01. The van der Waals surface area contributed by atoms with Crippen LogP contribution in [0.4, 0.5) is 0 Å². The summed E-state index contributed by atoms with van der Waals surface area (Å²) in [6, 6.07) is 8.04. The smallest absolute Gasteiger partial charge is 0.239 e. The standard InChI is InChI=1S/C16H22N4O/c1-2-9-18-16(15(17)21,13-7-8-13)11-20-14-6-4-3-5-12(14)10-19-20/h3-6,10,13,18H,2,7-9,11H2,1H3,(H2,17,21). The van der Waals surface area contributed by atoms with Crippen LogP contribution in [0.2, 0.25) is 0 Å². The van der Waals surface area contributed by atoms with Crippen LogP contribution in [-0.2, 0) is 11.3 Å². The molecule has 0 spiro atoms. The first-order valence-corrected chi connectivity index (χ1v) is 7.63. The molecular formula is C16H22N4O. The predicted molar refractivity (Wildman–Crippen MR) is 82.7 cm³/mol. The van der Waals surface area contributed by atoms with Crippen LogP contribution in [0.15, 0.2) is 30.5 Å². The SMILES string of the molecule is CCCNC(Cn1ncc2ccccc21)(C(N)=O)C1CC1. The first-order valence-electron chi connectivity index (χ1n) is 7.63. The molecule has 1 heterocycles. The highest BCUT2D eigenvalue weighted by atomic mass is 16.1. The molecule has 3 N–H and O–H groups in total. The molecule has 1 aromatic carbocycles. The van der Waals surface area contributed by atoms with Gasteiger partial charge in [0.05, 0.1) is 18.3 Å². The minimum Gasteiger partial charge on any atom is -0.368 e. The van der Waals surface area contributed by atoms with Crippen molar-refractivity contribution in [3.63, 3.8) is 0 Å². The molecule has 1 aliphatic carbocycles. The molecule has 5 heteroatoms. The maximum absolute atomic E-state index is 12.2. The third-order valence-corrected chi connectivity index (χ3v) is 4.35. The largest absolute Gasteiger partial charge is 0.368 e. The van der Waals surface area contributed by atoms with Gasteiger partial charge in [0.25, 0.3) is 0 Å². The Morgan fingerprint density at radius 2 is 2.24 bits per heavy atom. The van der Waals surface area contributed by atoms with Gasteiger partial charge in [-0.05, 0) is 37.8 Å². The summed E-state index contributed by atoms with van der Waals surface area (Å²) >= 11 is 0. The summed E-state index contributed by atoms with van der Waals surface area (Å²) in [7, 11) is 0. The van der Waals surface area contributed by atoms with Crippen molar-refractivity contribution < 1.29 is 4.79 Å². The van der Waals surface area contributed by atoms with Gasteiger partial charge in [0, 0.05) is 5.39 Å². The van der Waals surface area contributed by atoms with E-state index in [1.165, 1.54) is 0 Å². The molecule has 1 aromatic heterocycles. The third kappa shape index (κ3) is 2.53. The van der Waals surface area contributed by atoms with E-state index in [1.807, 2.05) is 35.1 Å². The lowest BCUT2D eigenvalue weighted by Gasteiger charge is -2.32. The highest BCUT2D eigenvalue weighted by Crippen LogP contribution is 2.41. The Morgan fingerprint density at radius 3 is 2.90 bits per heavy atom. The molecule has 2 aromatic rings. The van der Waals surface area contributed by atoms with Gasteiger partial charge in [-0.25, -0.2) is 0 Å². The lowest BCUT2D eigenvalue weighted by molar-refractivity contribution is -0.126. The fraction of sp³-hybridized carbons (Fsp3) is 0.500. The second-order valence-electron chi connectivity index (χ2n) is 5.90. The minimum atomic E-state index is -0.676. The Bertz CT molecular complexity index is 647. The second kappa shape index (κ2) is 5.48. The van der Waals surface area contributed by atoms with Gasteiger partial charge < -0.3 is 11.1 Å². The molecule has 112 valence electrons. The number of nitrogens with one attached hydrogen (secondary N) is 1. The number of aromatic nitrogens is 2. The quantitative estimate of drug-likeness (QED) is 0.813. The van der Waals surface area contributed by atoms with Crippen LogP contribution in [0.3, 0.4) is 0 Å². The Hall–Kier alpha value is -1.88. The van der Waals surface area contributed by atoms with Crippen molar-refractivity contribution >= 4 is 16.8 Å². The van der Waals surface area contributed by atoms with Crippen LogP contribution in [0.1, 0.15) is 26.2 Å². The average Bonchev–Trinajstić information content (AvgIpc) is 3.26. The van der Waals surface area contributed by atoms with Gasteiger partial charge in [-0.15, -0.1) is 0 Å². The molecule has 0 aliphatic heterocycles. The van der Waals surface area contributed by atoms with Gasteiger partial charge in [-0.1, -0.05) is 25.1 Å². The van der Waals surface area contributed by atoms with Crippen LogP contribution < -0.4 is 11.1 Å². The summed E-state index contributed by atoms with van der Waals surface area (Å²) in [5.41, 5.74) is 6.14. The van der Waals surface area contributed by atoms with E-state index in [-0.39, 0.29) is 5.91 Å². The average molecular weight is 286 g/mol. The molecule has 0 bridgehead atoms. The molecule has 1 fully saturated rings. The topological polar surface area (TPSA) is 72.9 Å². The second-order valence-corrected chi connectivity index (χ2v) is 5.90. The summed E-state index contributed by atoms with van der Waals surface area (Å²) < 4.78 is 1.90. The number of carbonyl (C=O) groups excluding carboxylic acids is 1. The van der Waals surface area contributed by atoms with Crippen LogP contribution >= 0.6 is 0 Å². The number of rotatable bonds is 7. The van der Waals surface area contributed by atoms with E-state index in [4.69, 9.17) is 5.73 Å². The first-order chi connectivity index (χ1) is 10.2. The highest BCUT2D eigenvalue weighted by Gasteiger charge is 2.50.